The van der Waals surface area contributed by atoms with Crippen molar-refractivity contribution in [2.24, 2.45) is 0 Å². The summed E-state index contributed by atoms with van der Waals surface area (Å²) in [7, 11) is 3.99. The monoisotopic (exact) mass is 341 g/mol. The summed E-state index contributed by atoms with van der Waals surface area (Å²) in [5.41, 5.74) is 9.17. The smallest absolute Gasteiger partial charge is 0.270 e. The maximum absolute atomic E-state index is 12.5. The number of rotatable bonds is 6. The van der Waals surface area contributed by atoms with Crippen LogP contribution in [-0.2, 0) is 0 Å². The van der Waals surface area contributed by atoms with Crippen LogP contribution in [0.1, 0.15) is 53.1 Å². The van der Waals surface area contributed by atoms with Gasteiger partial charge in [0.1, 0.15) is 5.69 Å². The molecule has 0 aliphatic rings. The van der Waals surface area contributed by atoms with Gasteiger partial charge in [0.05, 0.1) is 6.04 Å². The molecule has 0 spiro atoms. The third kappa shape index (κ3) is 5.00. The highest BCUT2D eigenvalue weighted by molar-refractivity contribution is 5.92. The lowest BCUT2D eigenvalue weighted by molar-refractivity contribution is 0.0936. The summed E-state index contributed by atoms with van der Waals surface area (Å²) in [6, 6.07) is 10.1. The molecule has 0 bridgehead atoms. The lowest BCUT2D eigenvalue weighted by Gasteiger charge is -2.25. The first kappa shape index (κ1) is 18.9. The van der Waals surface area contributed by atoms with Gasteiger partial charge in [-0.15, -0.1) is 0 Å². The zero-order valence-corrected chi connectivity index (χ0v) is 15.6. The number of anilines is 1. The van der Waals surface area contributed by atoms with E-state index in [9.17, 15) is 4.79 Å². The number of carbonyl (C=O) groups is 1. The molecule has 0 radical (unpaired) electrons. The number of aryl methyl sites for hydroxylation is 1. The van der Waals surface area contributed by atoms with Crippen LogP contribution in [0.15, 0.2) is 30.3 Å². The van der Waals surface area contributed by atoms with Crippen LogP contribution in [0.25, 0.3) is 0 Å². The number of nitrogens with one attached hydrogen (secondary N) is 1. The second-order valence-corrected chi connectivity index (χ2v) is 6.79. The fraction of sp³-hybridized carbons (Fsp3) is 0.421. The molecular weight excluding hydrogens is 314 g/mol. The van der Waals surface area contributed by atoms with E-state index >= 15 is 0 Å². The molecule has 0 aliphatic carbocycles. The minimum atomic E-state index is -0.241. The predicted molar refractivity (Wildman–Crippen MR) is 100 cm³/mol. The van der Waals surface area contributed by atoms with Crippen molar-refractivity contribution >= 4 is 11.9 Å². The second-order valence-electron chi connectivity index (χ2n) is 6.79. The normalized spacial score (nSPS) is 12.4. The molecule has 1 aromatic carbocycles. The molecular formula is C19H27N5O. The molecule has 1 amide bonds. The number of nitrogen functional groups attached to an aromatic ring is 1. The number of amides is 1. The molecule has 1 heterocycles. The highest BCUT2D eigenvalue weighted by atomic mass is 16.1. The van der Waals surface area contributed by atoms with Crippen LogP contribution in [0.5, 0.6) is 0 Å². The maximum atomic E-state index is 12.5. The zero-order valence-electron chi connectivity index (χ0n) is 15.6. The topological polar surface area (TPSA) is 84.1 Å². The van der Waals surface area contributed by atoms with Gasteiger partial charge in [0.25, 0.3) is 5.91 Å². The Morgan fingerprint density at radius 2 is 1.84 bits per heavy atom. The van der Waals surface area contributed by atoms with Crippen molar-refractivity contribution in [3.05, 3.63) is 52.8 Å². The zero-order chi connectivity index (χ0) is 18.6. The molecule has 3 N–H and O–H groups in total. The van der Waals surface area contributed by atoms with Crippen molar-refractivity contribution in [2.45, 2.75) is 32.7 Å². The molecule has 0 saturated carbocycles. The van der Waals surface area contributed by atoms with Gasteiger partial charge >= 0.3 is 0 Å². The SMILES string of the molecule is Cc1ccc(C(CNC(=O)c2cc(C(C)C)nc(N)n2)N(C)C)cc1. The summed E-state index contributed by atoms with van der Waals surface area (Å²) in [4.78, 5) is 22.8. The third-order valence-corrected chi connectivity index (χ3v) is 4.13. The Bertz CT molecular complexity index is 725. The number of nitrogens with two attached hydrogens (primary N) is 1. The molecule has 134 valence electrons. The average Bonchev–Trinajstić information content (AvgIpc) is 2.55. The molecule has 6 nitrogen and oxygen atoms in total. The molecule has 25 heavy (non-hydrogen) atoms. The number of nitrogens with zero attached hydrogens (tertiary/aromatic N) is 3. The van der Waals surface area contributed by atoms with E-state index in [4.69, 9.17) is 5.73 Å². The van der Waals surface area contributed by atoms with E-state index in [1.165, 1.54) is 5.56 Å². The van der Waals surface area contributed by atoms with E-state index in [1.54, 1.807) is 6.07 Å². The van der Waals surface area contributed by atoms with Crippen LogP contribution in [0, 0.1) is 6.92 Å². The molecule has 6 heteroatoms. The van der Waals surface area contributed by atoms with Crippen LogP contribution >= 0.6 is 0 Å². The van der Waals surface area contributed by atoms with Crippen molar-refractivity contribution in [3.63, 3.8) is 0 Å². The van der Waals surface area contributed by atoms with E-state index in [0.29, 0.717) is 12.2 Å². The number of likely N-dealkylation sites (N-methyl/N-ethyl adjacent to an activating group) is 1. The quantitative estimate of drug-likeness (QED) is 0.843. The van der Waals surface area contributed by atoms with E-state index in [1.807, 2.05) is 27.9 Å². The second kappa shape index (κ2) is 8.07. The van der Waals surface area contributed by atoms with Crippen molar-refractivity contribution in [3.8, 4) is 0 Å². The van der Waals surface area contributed by atoms with Crippen LogP contribution < -0.4 is 11.1 Å². The third-order valence-electron chi connectivity index (χ3n) is 4.13. The Kier molecular flexibility index (Phi) is 6.09. The molecule has 2 rings (SSSR count). The summed E-state index contributed by atoms with van der Waals surface area (Å²) in [5, 5.41) is 2.96. The van der Waals surface area contributed by atoms with Gasteiger partial charge in [-0.05, 0) is 38.6 Å². The molecule has 1 unspecified atom stereocenters. The largest absolute Gasteiger partial charge is 0.368 e. The Morgan fingerprint density at radius 3 is 2.40 bits per heavy atom. The average molecular weight is 341 g/mol. The fourth-order valence-electron chi connectivity index (χ4n) is 2.56. The van der Waals surface area contributed by atoms with Crippen molar-refractivity contribution in [1.82, 2.24) is 20.2 Å². The summed E-state index contributed by atoms with van der Waals surface area (Å²) in [5.74, 6) is 0.0629. The number of hydrogen-bond acceptors (Lipinski definition) is 5. The molecule has 2 aromatic rings. The number of hydrogen-bond donors (Lipinski definition) is 2. The van der Waals surface area contributed by atoms with E-state index in [0.717, 1.165) is 11.3 Å². The van der Waals surface area contributed by atoms with Gasteiger partial charge in [-0.1, -0.05) is 43.7 Å². The first-order valence-corrected chi connectivity index (χ1v) is 8.43. The highest BCUT2D eigenvalue weighted by Crippen LogP contribution is 2.18. The Labute approximate surface area is 149 Å². The summed E-state index contributed by atoms with van der Waals surface area (Å²) >= 11 is 0. The van der Waals surface area contributed by atoms with Crippen molar-refractivity contribution < 1.29 is 4.79 Å². The number of benzene rings is 1. The summed E-state index contributed by atoms with van der Waals surface area (Å²) in [6.45, 7) is 6.55. The highest BCUT2D eigenvalue weighted by Gasteiger charge is 2.17. The fourth-order valence-corrected chi connectivity index (χ4v) is 2.56. The van der Waals surface area contributed by atoms with Crippen LogP contribution in [0.2, 0.25) is 0 Å². The van der Waals surface area contributed by atoms with Crippen molar-refractivity contribution in [1.29, 1.82) is 0 Å². The molecule has 0 aliphatic heterocycles. The van der Waals surface area contributed by atoms with Gasteiger partial charge in [-0.2, -0.15) is 0 Å². The van der Waals surface area contributed by atoms with Gasteiger partial charge in [-0.3, -0.25) is 4.79 Å². The van der Waals surface area contributed by atoms with Gasteiger partial charge in [0.2, 0.25) is 5.95 Å². The lowest BCUT2D eigenvalue weighted by Crippen LogP contribution is -2.35. The minimum absolute atomic E-state index is 0.0771. The van der Waals surface area contributed by atoms with Gasteiger partial charge in [-0.25, -0.2) is 9.97 Å². The Hall–Kier alpha value is -2.47. The van der Waals surface area contributed by atoms with Crippen LogP contribution in [-0.4, -0.2) is 41.4 Å². The van der Waals surface area contributed by atoms with Crippen LogP contribution in [0.4, 0.5) is 5.95 Å². The Balaban J connectivity index is 2.12. The summed E-state index contributed by atoms with van der Waals surface area (Å²) in [6.07, 6.45) is 0. The number of aromatic nitrogens is 2. The van der Waals surface area contributed by atoms with E-state index in [2.05, 4.69) is 51.4 Å². The molecule has 0 fully saturated rings. The minimum Gasteiger partial charge on any atom is -0.368 e. The van der Waals surface area contributed by atoms with Crippen LogP contribution in [0.3, 0.4) is 0 Å². The first-order chi connectivity index (χ1) is 11.8. The van der Waals surface area contributed by atoms with E-state index in [-0.39, 0.29) is 23.8 Å². The lowest BCUT2D eigenvalue weighted by atomic mass is 10.0. The van der Waals surface area contributed by atoms with Crippen molar-refractivity contribution in [2.75, 3.05) is 26.4 Å². The summed E-state index contributed by atoms with van der Waals surface area (Å²) < 4.78 is 0. The van der Waals surface area contributed by atoms with E-state index < -0.39 is 0 Å². The van der Waals surface area contributed by atoms with Gasteiger partial charge < -0.3 is 16.0 Å². The number of carbonyl (C=O) groups excluding carboxylic acids is 1. The molecule has 1 atom stereocenters. The molecule has 0 saturated heterocycles. The maximum Gasteiger partial charge on any atom is 0.270 e. The first-order valence-electron chi connectivity index (χ1n) is 8.43. The van der Waals surface area contributed by atoms with Gasteiger partial charge in [0, 0.05) is 12.2 Å². The predicted octanol–water partition coefficient (Wildman–Crippen LogP) is 2.52. The molecule has 1 aromatic heterocycles. The van der Waals surface area contributed by atoms with Gasteiger partial charge in [0.15, 0.2) is 0 Å². The standard InChI is InChI=1S/C19H27N5O/c1-12(2)15-10-16(23-19(20)22-15)18(25)21-11-17(24(4)5)14-8-6-13(3)7-9-14/h6-10,12,17H,11H2,1-5H3,(H,21,25)(H2,20,22,23). The Morgan fingerprint density at radius 1 is 1.20 bits per heavy atom.